The molecule has 3 aromatic rings. The Morgan fingerprint density at radius 2 is 1.69 bits per heavy atom. The summed E-state index contributed by atoms with van der Waals surface area (Å²) >= 11 is 3.34. The molecule has 2 heterocycles. The average molecular weight is 417 g/mol. The van der Waals surface area contributed by atoms with Crippen molar-refractivity contribution < 1.29 is 9.59 Å². The number of nitrogens with zero attached hydrogens (tertiary/aromatic N) is 4. The van der Waals surface area contributed by atoms with Gasteiger partial charge >= 0.3 is 0 Å². The Bertz CT molecular complexity index is 945. The van der Waals surface area contributed by atoms with Crippen molar-refractivity contribution in [3.63, 3.8) is 0 Å². The fraction of sp³-hybridized carbons (Fsp3) is 0.176. The highest BCUT2D eigenvalue weighted by atomic mass is 79.9. The van der Waals surface area contributed by atoms with Crippen LogP contribution >= 0.6 is 15.9 Å². The van der Waals surface area contributed by atoms with Gasteiger partial charge < -0.3 is 10.6 Å². The lowest BCUT2D eigenvalue weighted by molar-refractivity contribution is 0.101. The minimum Gasteiger partial charge on any atom is -0.321 e. The molecule has 0 spiro atoms. The molecule has 2 aromatic heterocycles. The molecular formula is C17H17BrN6O2. The maximum absolute atomic E-state index is 12.4. The number of hydrogen-bond acceptors (Lipinski definition) is 4. The Morgan fingerprint density at radius 1 is 1.08 bits per heavy atom. The van der Waals surface area contributed by atoms with Gasteiger partial charge in [-0.25, -0.2) is 0 Å². The van der Waals surface area contributed by atoms with E-state index in [4.69, 9.17) is 0 Å². The fourth-order valence-corrected chi connectivity index (χ4v) is 2.86. The van der Waals surface area contributed by atoms with E-state index in [1.807, 2.05) is 6.92 Å². The number of carbonyl (C=O) groups is 2. The second-order valence-corrected chi connectivity index (χ2v) is 6.37. The monoisotopic (exact) mass is 416 g/mol. The summed E-state index contributed by atoms with van der Waals surface area (Å²) in [5.74, 6) is -0.556. The van der Waals surface area contributed by atoms with Gasteiger partial charge in [0.1, 0.15) is 5.69 Å². The van der Waals surface area contributed by atoms with Crippen molar-refractivity contribution in [1.82, 2.24) is 19.6 Å². The summed E-state index contributed by atoms with van der Waals surface area (Å²) in [7, 11) is 1.75. The number of anilines is 2. The van der Waals surface area contributed by atoms with Crippen LogP contribution in [-0.2, 0) is 13.6 Å². The molecule has 0 saturated heterocycles. The lowest BCUT2D eigenvalue weighted by atomic mass is 10.2. The summed E-state index contributed by atoms with van der Waals surface area (Å²) in [5, 5.41) is 13.8. The molecule has 1 aromatic carbocycles. The van der Waals surface area contributed by atoms with Crippen molar-refractivity contribution in [3.8, 4) is 0 Å². The van der Waals surface area contributed by atoms with Gasteiger partial charge in [-0.05, 0) is 53.2 Å². The van der Waals surface area contributed by atoms with Gasteiger partial charge in [0.25, 0.3) is 11.8 Å². The Balaban J connectivity index is 1.67. The van der Waals surface area contributed by atoms with Crippen molar-refractivity contribution in [2.75, 3.05) is 10.6 Å². The van der Waals surface area contributed by atoms with E-state index in [1.165, 1.54) is 0 Å². The zero-order valence-corrected chi connectivity index (χ0v) is 15.8. The highest BCUT2D eigenvalue weighted by Gasteiger charge is 2.16. The summed E-state index contributed by atoms with van der Waals surface area (Å²) in [6.07, 6.45) is 3.29. The van der Waals surface area contributed by atoms with Crippen LogP contribution in [0, 0.1) is 0 Å². The first-order valence-electron chi connectivity index (χ1n) is 7.91. The molecule has 0 atom stereocenters. The molecule has 0 saturated carbocycles. The maximum Gasteiger partial charge on any atom is 0.276 e. The van der Waals surface area contributed by atoms with Gasteiger partial charge in [0.05, 0.1) is 10.7 Å². The van der Waals surface area contributed by atoms with Crippen molar-refractivity contribution in [2.24, 2.45) is 7.05 Å². The molecular weight excluding hydrogens is 400 g/mol. The standard InChI is InChI=1S/C17H17BrN6O2/c1-3-24-15(13(18)10-19-24)17(26)21-12-6-4-11(5-7-12)20-16(25)14-8-9-23(2)22-14/h4-10H,3H2,1-2H3,(H,20,25)(H,21,26). The van der Waals surface area contributed by atoms with Crippen molar-refractivity contribution in [2.45, 2.75) is 13.5 Å². The Labute approximate surface area is 158 Å². The van der Waals surface area contributed by atoms with E-state index in [1.54, 1.807) is 59.1 Å². The molecule has 0 aliphatic heterocycles. The van der Waals surface area contributed by atoms with Crippen molar-refractivity contribution in [1.29, 1.82) is 0 Å². The van der Waals surface area contributed by atoms with E-state index < -0.39 is 0 Å². The van der Waals surface area contributed by atoms with Gasteiger partial charge in [-0.2, -0.15) is 10.2 Å². The topological polar surface area (TPSA) is 93.8 Å². The molecule has 0 radical (unpaired) electrons. The number of nitrogens with one attached hydrogen (secondary N) is 2. The lowest BCUT2D eigenvalue weighted by Crippen LogP contribution is -2.18. The van der Waals surface area contributed by atoms with Crippen LogP contribution < -0.4 is 10.6 Å². The molecule has 26 heavy (non-hydrogen) atoms. The normalized spacial score (nSPS) is 10.6. The minimum absolute atomic E-state index is 0.263. The first kappa shape index (κ1) is 17.9. The largest absolute Gasteiger partial charge is 0.321 e. The van der Waals surface area contributed by atoms with E-state index in [0.29, 0.717) is 33.8 Å². The zero-order chi connectivity index (χ0) is 18.7. The predicted octanol–water partition coefficient (Wildman–Crippen LogP) is 2.90. The van der Waals surface area contributed by atoms with Gasteiger partial charge in [0.2, 0.25) is 0 Å². The van der Waals surface area contributed by atoms with Gasteiger partial charge in [-0.1, -0.05) is 0 Å². The number of amides is 2. The first-order chi connectivity index (χ1) is 12.5. The SMILES string of the molecule is CCn1ncc(Br)c1C(=O)Nc1ccc(NC(=O)c2ccn(C)n2)cc1. The number of aromatic nitrogens is 4. The summed E-state index contributed by atoms with van der Waals surface area (Å²) in [6, 6.07) is 8.49. The molecule has 0 aliphatic rings. The number of halogens is 1. The second kappa shape index (κ2) is 7.52. The third-order valence-electron chi connectivity index (χ3n) is 3.66. The first-order valence-corrected chi connectivity index (χ1v) is 8.71. The van der Waals surface area contributed by atoms with Crippen LogP contribution in [0.3, 0.4) is 0 Å². The number of carbonyl (C=O) groups excluding carboxylic acids is 2. The fourth-order valence-electron chi connectivity index (χ4n) is 2.39. The van der Waals surface area contributed by atoms with E-state index in [2.05, 4.69) is 36.8 Å². The smallest absolute Gasteiger partial charge is 0.276 e. The molecule has 2 N–H and O–H groups in total. The van der Waals surface area contributed by atoms with Crippen LogP contribution in [-0.4, -0.2) is 31.4 Å². The maximum atomic E-state index is 12.4. The molecule has 0 aliphatic carbocycles. The Kier molecular flexibility index (Phi) is 5.17. The van der Waals surface area contributed by atoms with Crippen LogP contribution in [0.4, 0.5) is 11.4 Å². The molecule has 9 heteroatoms. The molecule has 0 bridgehead atoms. The highest BCUT2D eigenvalue weighted by molar-refractivity contribution is 9.10. The van der Waals surface area contributed by atoms with E-state index in [-0.39, 0.29) is 11.8 Å². The number of aryl methyl sites for hydroxylation is 2. The number of hydrogen-bond donors (Lipinski definition) is 2. The summed E-state index contributed by atoms with van der Waals surface area (Å²) in [4.78, 5) is 24.5. The van der Waals surface area contributed by atoms with Crippen LogP contribution in [0.25, 0.3) is 0 Å². The van der Waals surface area contributed by atoms with Gasteiger partial charge in [-0.15, -0.1) is 0 Å². The lowest BCUT2D eigenvalue weighted by Gasteiger charge is -2.09. The van der Waals surface area contributed by atoms with Crippen LogP contribution in [0.2, 0.25) is 0 Å². The number of rotatable bonds is 5. The van der Waals surface area contributed by atoms with Crippen LogP contribution in [0.15, 0.2) is 47.2 Å². The predicted molar refractivity (Wildman–Crippen MR) is 101 cm³/mol. The Hall–Kier alpha value is -2.94. The van der Waals surface area contributed by atoms with Crippen molar-refractivity contribution >= 4 is 39.1 Å². The highest BCUT2D eigenvalue weighted by Crippen LogP contribution is 2.19. The molecule has 2 amide bonds. The average Bonchev–Trinajstić information content (AvgIpc) is 3.22. The molecule has 0 fully saturated rings. The van der Waals surface area contributed by atoms with Crippen molar-refractivity contribution in [3.05, 3.63) is 58.6 Å². The number of benzene rings is 1. The molecule has 3 rings (SSSR count). The van der Waals surface area contributed by atoms with Gasteiger partial charge in [-0.3, -0.25) is 19.0 Å². The second-order valence-electron chi connectivity index (χ2n) is 5.52. The van der Waals surface area contributed by atoms with E-state index in [0.717, 1.165) is 0 Å². The minimum atomic E-state index is -0.293. The molecule has 8 nitrogen and oxygen atoms in total. The molecule has 134 valence electrons. The van der Waals surface area contributed by atoms with Crippen LogP contribution in [0.1, 0.15) is 27.9 Å². The zero-order valence-electron chi connectivity index (χ0n) is 14.2. The third-order valence-corrected chi connectivity index (χ3v) is 4.24. The quantitative estimate of drug-likeness (QED) is 0.668. The summed E-state index contributed by atoms with van der Waals surface area (Å²) < 4.78 is 3.81. The van der Waals surface area contributed by atoms with E-state index in [9.17, 15) is 9.59 Å². The van der Waals surface area contributed by atoms with E-state index >= 15 is 0 Å². The van der Waals surface area contributed by atoms with Gasteiger partial charge in [0, 0.05) is 31.2 Å². The molecule has 0 unspecified atom stereocenters. The third kappa shape index (κ3) is 3.83. The Morgan fingerprint density at radius 3 is 2.23 bits per heavy atom. The summed E-state index contributed by atoms with van der Waals surface area (Å²) in [6.45, 7) is 2.50. The summed E-state index contributed by atoms with van der Waals surface area (Å²) in [5.41, 5.74) is 2.02. The van der Waals surface area contributed by atoms with Crippen LogP contribution in [0.5, 0.6) is 0 Å². The van der Waals surface area contributed by atoms with Gasteiger partial charge in [0.15, 0.2) is 5.69 Å².